The number of methoxy groups -OCH3 is 1. The first-order valence-corrected chi connectivity index (χ1v) is 6.52. The van der Waals surface area contributed by atoms with Gasteiger partial charge >= 0.3 is 0 Å². The largest absolute Gasteiger partial charge is 0.384 e. The number of amides is 1. The van der Waals surface area contributed by atoms with Gasteiger partial charge in [0.05, 0.1) is 22.4 Å². The Balaban J connectivity index is 2.63. The lowest BCUT2D eigenvalue weighted by Crippen LogP contribution is -2.37. The van der Waals surface area contributed by atoms with Gasteiger partial charge in [0.15, 0.2) is 0 Å². The van der Waals surface area contributed by atoms with E-state index in [0.29, 0.717) is 11.5 Å². The fourth-order valence-electron chi connectivity index (χ4n) is 1.37. The van der Waals surface area contributed by atoms with Crippen molar-refractivity contribution in [2.75, 3.05) is 20.3 Å². The molecule has 0 fully saturated rings. The maximum Gasteiger partial charge on any atom is 0.261 e. The third kappa shape index (κ3) is 4.49. The predicted octanol–water partition coefficient (Wildman–Crippen LogP) is 1.25. The Bertz CT molecular complexity index is 445. The molecule has 1 aromatic rings. The smallest absolute Gasteiger partial charge is 0.261 e. The number of thiophene rings is 1. The van der Waals surface area contributed by atoms with Gasteiger partial charge in [-0.05, 0) is 18.6 Å². The molecule has 0 aliphatic heterocycles. The molecule has 0 spiro atoms. The number of aliphatic hydroxyl groups excluding tert-OH is 1. The molecule has 0 radical (unpaired) electrons. The minimum Gasteiger partial charge on any atom is -0.384 e. The van der Waals surface area contributed by atoms with Gasteiger partial charge < -0.3 is 15.2 Å². The first kappa shape index (κ1) is 14.7. The highest BCUT2D eigenvalue weighted by Crippen LogP contribution is 2.15. The van der Waals surface area contributed by atoms with Gasteiger partial charge in [0, 0.05) is 7.11 Å². The molecule has 1 amide bonds. The molecular weight excluding hydrogens is 250 g/mol. The monoisotopic (exact) mass is 267 g/mol. The van der Waals surface area contributed by atoms with Crippen molar-refractivity contribution in [3.8, 4) is 11.8 Å². The van der Waals surface area contributed by atoms with Crippen LogP contribution in [0.5, 0.6) is 0 Å². The van der Waals surface area contributed by atoms with Crippen molar-refractivity contribution in [3.63, 3.8) is 0 Å². The fraction of sp³-hybridized carbons (Fsp3) is 0.462. The standard InChI is InChI=1S/C13H17NO3S/c1-3-10(9-17-2)14-13(16)12-7-6-11(18-12)5-4-8-15/h6-7,10,15H,3,8-9H2,1-2H3,(H,14,16). The van der Waals surface area contributed by atoms with E-state index in [1.807, 2.05) is 6.92 Å². The zero-order valence-electron chi connectivity index (χ0n) is 10.5. The van der Waals surface area contributed by atoms with Crippen molar-refractivity contribution in [3.05, 3.63) is 21.9 Å². The van der Waals surface area contributed by atoms with Crippen LogP contribution in [0.15, 0.2) is 12.1 Å². The number of rotatable bonds is 5. The van der Waals surface area contributed by atoms with Crippen molar-refractivity contribution < 1.29 is 14.6 Å². The average Bonchev–Trinajstić information content (AvgIpc) is 2.84. The summed E-state index contributed by atoms with van der Waals surface area (Å²) in [7, 11) is 1.61. The van der Waals surface area contributed by atoms with Crippen molar-refractivity contribution in [2.45, 2.75) is 19.4 Å². The summed E-state index contributed by atoms with van der Waals surface area (Å²) in [5.41, 5.74) is 0. The SMILES string of the molecule is CCC(COC)NC(=O)c1ccc(C#CCO)s1. The Labute approximate surface area is 111 Å². The summed E-state index contributed by atoms with van der Waals surface area (Å²) in [6, 6.07) is 3.54. The molecule has 0 saturated heterocycles. The highest BCUT2D eigenvalue weighted by Gasteiger charge is 2.13. The number of aliphatic hydroxyl groups is 1. The van der Waals surface area contributed by atoms with Crippen molar-refractivity contribution in [1.29, 1.82) is 0 Å². The van der Waals surface area contributed by atoms with Gasteiger partial charge in [-0.2, -0.15) is 0 Å². The van der Waals surface area contributed by atoms with Crippen molar-refractivity contribution in [2.24, 2.45) is 0 Å². The summed E-state index contributed by atoms with van der Waals surface area (Å²) >= 11 is 1.31. The van der Waals surface area contributed by atoms with E-state index in [1.165, 1.54) is 11.3 Å². The summed E-state index contributed by atoms with van der Waals surface area (Å²) in [6.07, 6.45) is 0.822. The molecule has 1 unspecified atom stereocenters. The molecule has 1 atom stereocenters. The fourth-order valence-corrected chi connectivity index (χ4v) is 2.16. The topological polar surface area (TPSA) is 58.6 Å². The van der Waals surface area contributed by atoms with E-state index < -0.39 is 0 Å². The van der Waals surface area contributed by atoms with Crippen LogP contribution in [-0.4, -0.2) is 37.4 Å². The van der Waals surface area contributed by atoms with E-state index >= 15 is 0 Å². The van der Waals surface area contributed by atoms with Gasteiger partial charge in [0.25, 0.3) is 5.91 Å². The lowest BCUT2D eigenvalue weighted by molar-refractivity contribution is 0.0898. The first-order valence-electron chi connectivity index (χ1n) is 5.70. The molecule has 98 valence electrons. The number of ether oxygens (including phenoxy) is 1. The van der Waals surface area contributed by atoms with Crippen LogP contribution in [0.1, 0.15) is 27.9 Å². The number of carbonyl (C=O) groups excluding carboxylic acids is 1. The summed E-state index contributed by atoms with van der Waals surface area (Å²) in [4.78, 5) is 13.3. The van der Waals surface area contributed by atoms with Crippen LogP contribution in [0.3, 0.4) is 0 Å². The Morgan fingerprint density at radius 1 is 1.61 bits per heavy atom. The quantitative estimate of drug-likeness (QED) is 0.789. The van der Waals surface area contributed by atoms with Crippen molar-refractivity contribution in [1.82, 2.24) is 5.32 Å². The summed E-state index contributed by atoms with van der Waals surface area (Å²) in [6.45, 7) is 2.33. The van der Waals surface area contributed by atoms with Crippen LogP contribution in [0.4, 0.5) is 0 Å². The molecule has 18 heavy (non-hydrogen) atoms. The van der Waals surface area contributed by atoms with Crippen LogP contribution in [0.25, 0.3) is 0 Å². The Morgan fingerprint density at radius 3 is 3.00 bits per heavy atom. The summed E-state index contributed by atoms with van der Waals surface area (Å²) < 4.78 is 5.03. The van der Waals surface area contributed by atoms with E-state index in [0.717, 1.165) is 11.3 Å². The molecule has 0 aliphatic rings. The zero-order valence-corrected chi connectivity index (χ0v) is 11.3. The molecule has 0 aromatic carbocycles. The molecule has 2 N–H and O–H groups in total. The number of hydrogen-bond acceptors (Lipinski definition) is 4. The first-order chi connectivity index (χ1) is 8.71. The van der Waals surface area contributed by atoms with E-state index in [9.17, 15) is 4.79 Å². The van der Waals surface area contributed by atoms with Gasteiger partial charge in [0.2, 0.25) is 0 Å². The summed E-state index contributed by atoms with van der Waals surface area (Å²) in [5, 5.41) is 11.5. The minimum absolute atomic E-state index is 0.0246. The summed E-state index contributed by atoms with van der Waals surface area (Å²) in [5.74, 6) is 5.22. The van der Waals surface area contributed by atoms with E-state index in [1.54, 1.807) is 19.2 Å². The molecule has 0 aliphatic carbocycles. The van der Waals surface area contributed by atoms with Crippen LogP contribution >= 0.6 is 11.3 Å². The second kappa shape index (κ2) is 7.88. The normalized spacial score (nSPS) is 11.5. The molecule has 0 saturated carbocycles. The molecule has 1 rings (SSSR count). The Hall–Kier alpha value is -1.35. The number of nitrogens with one attached hydrogen (secondary N) is 1. The average molecular weight is 267 g/mol. The Morgan fingerprint density at radius 2 is 2.39 bits per heavy atom. The van der Waals surface area contributed by atoms with E-state index in [2.05, 4.69) is 17.2 Å². The van der Waals surface area contributed by atoms with Crippen LogP contribution < -0.4 is 5.32 Å². The van der Waals surface area contributed by atoms with Gasteiger partial charge in [-0.1, -0.05) is 18.8 Å². The van der Waals surface area contributed by atoms with Crippen molar-refractivity contribution >= 4 is 17.2 Å². The maximum absolute atomic E-state index is 11.9. The molecule has 1 heterocycles. The molecule has 0 bridgehead atoms. The molecule has 5 heteroatoms. The highest BCUT2D eigenvalue weighted by atomic mass is 32.1. The minimum atomic E-state index is -0.175. The van der Waals surface area contributed by atoms with Crippen LogP contribution in [-0.2, 0) is 4.74 Å². The van der Waals surface area contributed by atoms with Gasteiger partial charge in [-0.25, -0.2) is 0 Å². The Kier molecular flexibility index (Phi) is 6.44. The third-order valence-corrected chi connectivity index (χ3v) is 3.32. The molecular formula is C13H17NO3S. The maximum atomic E-state index is 11.9. The third-order valence-electron chi connectivity index (χ3n) is 2.32. The van der Waals surface area contributed by atoms with E-state index in [4.69, 9.17) is 9.84 Å². The molecule has 1 aromatic heterocycles. The predicted molar refractivity (Wildman–Crippen MR) is 71.7 cm³/mol. The van der Waals surface area contributed by atoms with E-state index in [-0.39, 0.29) is 18.6 Å². The van der Waals surface area contributed by atoms with Crippen LogP contribution in [0.2, 0.25) is 0 Å². The van der Waals surface area contributed by atoms with Gasteiger partial charge in [-0.3, -0.25) is 4.79 Å². The molecule has 4 nitrogen and oxygen atoms in total. The van der Waals surface area contributed by atoms with Gasteiger partial charge in [0.1, 0.15) is 6.61 Å². The highest BCUT2D eigenvalue weighted by molar-refractivity contribution is 7.14. The van der Waals surface area contributed by atoms with Crippen LogP contribution in [0, 0.1) is 11.8 Å². The second-order valence-electron chi connectivity index (χ2n) is 3.66. The lowest BCUT2D eigenvalue weighted by atomic mass is 10.2. The van der Waals surface area contributed by atoms with Gasteiger partial charge in [-0.15, -0.1) is 11.3 Å². The zero-order chi connectivity index (χ0) is 13.4. The number of carbonyl (C=O) groups is 1. The second-order valence-corrected chi connectivity index (χ2v) is 4.74. The lowest BCUT2D eigenvalue weighted by Gasteiger charge is -2.14. The number of hydrogen-bond donors (Lipinski definition) is 2.